The SMILES string of the molecule is CCCN(Cc1ncc(-c2ccc(-c3ccc(-c4cnc(CN(CCC)C(=O)C(NC(=O)N5CCCCC5)c5ccccc5)s4)cc3)cc2)s1)C(=O)C(NC(=O)N1CCCCC1)c1ccccc1. The predicted octanol–water partition coefficient (Wildman–Crippen LogP) is 11.0. The van der Waals surface area contributed by atoms with E-state index in [2.05, 4.69) is 73.0 Å². The maximum atomic E-state index is 14.3. The van der Waals surface area contributed by atoms with Gasteiger partial charge in [-0.3, -0.25) is 9.59 Å². The molecule has 6 aromatic rings. The van der Waals surface area contributed by atoms with Gasteiger partial charge in [-0.1, -0.05) is 123 Å². The number of rotatable bonds is 17. The molecule has 2 aliphatic rings. The van der Waals surface area contributed by atoms with Crippen molar-refractivity contribution in [3.8, 4) is 32.0 Å². The number of carbonyl (C=O) groups excluding carboxylic acids is 4. The number of hydrogen-bond acceptors (Lipinski definition) is 8. The van der Waals surface area contributed by atoms with Gasteiger partial charge in [0, 0.05) is 51.7 Å². The highest BCUT2D eigenvalue weighted by Crippen LogP contribution is 2.33. The molecule has 2 atom stereocenters. The Hall–Kier alpha value is -6.38. The average Bonchev–Trinajstić information content (AvgIpc) is 4.08. The third-order valence-electron chi connectivity index (χ3n) is 12.6. The van der Waals surface area contributed by atoms with Crippen molar-refractivity contribution in [2.75, 3.05) is 39.3 Å². The van der Waals surface area contributed by atoms with Gasteiger partial charge in [-0.15, -0.1) is 22.7 Å². The van der Waals surface area contributed by atoms with Crippen molar-refractivity contribution in [3.63, 3.8) is 0 Å². The zero-order valence-corrected chi connectivity index (χ0v) is 40.8. The molecular weight excluding hydrogens is 889 g/mol. The molecule has 6 amide bonds. The van der Waals surface area contributed by atoms with Crippen molar-refractivity contribution in [3.05, 3.63) is 143 Å². The summed E-state index contributed by atoms with van der Waals surface area (Å²) < 4.78 is 0. The van der Waals surface area contributed by atoms with Crippen molar-refractivity contribution in [2.45, 2.75) is 90.4 Å². The van der Waals surface area contributed by atoms with Gasteiger partial charge in [0.2, 0.25) is 11.8 Å². The first-order valence-corrected chi connectivity index (χ1v) is 25.8. The van der Waals surface area contributed by atoms with Gasteiger partial charge in [0.05, 0.1) is 22.8 Å². The Labute approximate surface area is 408 Å². The standard InChI is InChI=1S/C54H62N8O4S2/c1-3-29-61(51(63)49(43-17-9-5-10-18-43)57-53(65)59-31-13-7-14-32-59)37-47-55-35-45(67-47)41-25-21-39(22-26-41)40-23-27-42(28-24-40)46-36-56-48(68-46)38-62(30-4-2)52(64)50(44-19-11-6-12-20-44)58-54(66)60-33-15-8-16-34-60/h5-6,9-12,17-28,35-36,49-50H,3-4,7-8,13-16,29-34,37-38H2,1-2H3,(H,57,65)(H,58,66). The van der Waals surface area contributed by atoms with E-state index in [9.17, 15) is 19.2 Å². The molecule has 0 spiro atoms. The fourth-order valence-corrected chi connectivity index (χ4v) is 10.8. The summed E-state index contributed by atoms with van der Waals surface area (Å²) >= 11 is 3.15. The third-order valence-corrected chi connectivity index (χ3v) is 14.7. The van der Waals surface area contributed by atoms with Crippen molar-refractivity contribution >= 4 is 46.6 Å². The number of nitrogens with one attached hydrogen (secondary N) is 2. The smallest absolute Gasteiger partial charge is 0.318 e. The molecule has 354 valence electrons. The molecule has 0 aliphatic carbocycles. The van der Waals surface area contributed by atoms with E-state index in [-0.39, 0.29) is 23.9 Å². The van der Waals surface area contributed by atoms with Gasteiger partial charge >= 0.3 is 12.1 Å². The molecule has 0 radical (unpaired) electrons. The Bertz CT molecular complexity index is 2390. The van der Waals surface area contributed by atoms with E-state index >= 15 is 0 Å². The highest BCUT2D eigenvalue weighted by molar-refractivity contribution is 7.15. The highest BCUT2D eigenvalue weighted by atomic mass is 32.1. The minimum absolute atomic E-state index is 0.139. The number of benzene rings is 4. The molecule has 2 fully saturated rings. The number of nitrogens with zero attached hydrogens (tertiary/aromatic N) is 6. The second kappa shape index (κ2) is 23.6. The highest BCUT2D eigenvalue weighted by Gasteiger charge is 2.32. The van der Waals surface area contributed by atoms with Crippen LogP contribution in [0.4, 0.5) is 9.59 Å². The summed E-state index contributed by atoms with van der Waals surface area (Å²) in [5.74, 6) is -0.277. The quantitative estimate of drug-likeness (QED) is 0.0936. The van der Waals surface area contributed by atoms with E-state index in [4.69, 9.17) is 9.97 Å². The summed E-state index contributed by atoms with van der Waals surface area (Å²) in [6.07, 6.45) is 11.4. The van der Waals surface area contributed by atoms with Gasteiger partial charge in [0.25, 0.3) is 0 Å². The molecule has 68 heavy (non-hydrogen) atoms. The summed E-state index contributed by atoms with van der Waals surface area (Å²) in [5.41, 5.74) is 5.79. The predicted molar refractivity (Wildman–Crippen MR) is 272 cm³/mol. The number of hydrogen-bond donors (Lipinski definition) is 2. The molecule has 0 bridgehead atoms. The van der Waals surface area contributed by atoms with Crippen LogP contribution in [0.25, 0.3) is 32.0 Å². The summed E-state index contributed by atoms with van der Waals surface area (Å²) in [6, 6.07) is 34.0. The number of thiazole rings is 2. The molecule has 8 rings (SSSR count). The monoisotopic (exact) mass is 950 g/mol. The topological polar surface area (TPSA) is 131 Å². The van der Waals surface area contributed by atoms with Crippen LogP contribution >= 0.6 is 22.7 Å². The van der Waals surface area contributed by atoms with E-state index < -0.39 is 12.1 Å². The van der Waals surface area contributed by atoms with E-state index in [1.165, 1.54) is 0 Å². The average molecular weight is 951 g/mol. The zero-order valence-electron chi connectivity index (χ0n) is 39.1. The van der Waals surface area contributed by atoms with Crippen LogP contribution in [0, 0.1) is 0 Å². The van der Waals surface area contributed by atoms with Crippen LogP contribution in [0.2, 0.25) is 0 Å². The molecule has 2 aliphatic heterocycles. The van der Waals surface area contributed by atoms with Gasteiger partial charge in [0.15, 0.2) is 0 Å². The minimum atomic E-state index is -0.790. The lowest BCUT2D eigenvalue weighted by Crippen LogP contribution is -2.48. The minimum Gasteiger partial charge on any atom is -0.334 e. The maximum absolute atomic E-state index is 14.3. The Kier molecular flexibility index (Phi) is 16.7. The lowest BCUT2D eigenvalue weighted by Gasteiger charge is -2.31. The van der Waals surface area contributed by atoms with Crippen molar-refractivity contribution < 1.29 is 19.2 Å². The Balaban J connectivity index is 0.901. The van der Waals surface area contributed by atoms with Crippen LogP contribution in [-0.2, 0) is 22.7 Å². The van der Waals surface area contributed by atoms with Crippen molar-refractivity contribution in [2.24, 2.45) is 0 Å². The second-order valence-corrected chi connectivity index (χ2v) is 19.8. The maximum Gasteiger partial charge on any atom is 0.318 e. The summed E-state index contributed by atoms with van der Waals surface area (Å²) in [5, 5.41) is 7.82. The van der Waals surface area contributed by atoms with Gasteiger partial charge in [-0.25, -0.2) is 19.6 Å². The Morgan fingerprint density at radius 2 is 0.868 bits per heavy atom. The Morgan fingerprint density at radius 1 is 0.515 bits per heavy atom. The molecule has 4 heterocycles. The molecule has 12 nitrogen and oxygen atoms in total. The van der Waals surface area contributed by atoms with Crippen LogP contribution in [-0.4, -0.2) is 92.7 Å². The number of aromatic nitrogens is 2. The first-order valence-electron chi connectivity index (χ1n) is 24.2. The van der Waals surface area contributed by atoms with Crippen LogP contribution in [0.1, 0.15) is 98.4 Å². The van der Waals surface area contributed by atoms with E-state index in [0.717, 1.165) is 105 Å². The number of amides is 6. The third kappa shape index (κ3) is 12.2. The second-order valence-electron chi connectivity index (χ2n) is 17.6. The van der Waals surface area contributed by atoms with E-state index in [0.29, 0.717) is 52.4 Å². The zero-order chi connectivity index (χ0) is 47.2. The fourth-order valence-electron chi connectivity index (χ4n) is 8.94. The summed E-state index contributed by atoms with van der Waals surface area (Å²) in [7, 11) is 0. The number of carbonyl (C=O) groups is 4. The fraction of sp³-hybridized carbons (Fsp3) is 0.370. The molecular formula is C54H62N8O4S2. The van der Waals surface area contributed by atoms with Gasteiger partial charge in [-0.05, 0) is 84.7 Å². The molecule has 2 unspecified atom stereocenters. The number of piperidine rings is 2. The Morgan fingerprint density at radius 3 is 1.22 bits per heavy atom. The van der Waals surface area contributed by atoms with Crippen molar-refractivity contribution in [1.82, 2.24) is 40.2 Å². The lowest BCUT2D eigenvalue weighted by molar-refractivity contribution is -0.134. The summed E-state index contributed by atoms with van der Waals surface area (Å²) in [4.78, 5) is 74.0. The summed E-state index contributed by atoms with van der Waals surface area (Å²) in [6.45, 7) is 8.73. The van der Waals surface area contributed by atoms with Crippen LogP contribution in [0.15, 0.2) is 122 Å². The van der Waals surface area contributed by atoms with E-state index in [1.807, 2.05) is 92.7 Å². The van der Waals surface area contributed by atoms with Crippen LogP contribution in [0.5, 0.6) is 0 Å². The normalized spacial score (nSPS) is 14.7. The van der Waals surface area contributed by atoms with E-state index in [1.54, 1.807) is 22.7 Å². The first kappa shape index (κ1) is 48.1. The molecule has 2 saturated heterocycles. The van der Waals surface area contributed by atoms with Crippen LogP contribution < -0.4 is 10.6 Å². The number of likely N-dealkylation sites (tertiary alicyclic amines) is 2. The van der Waals surface area contributed by atoms with Crippen LogP contribution in [0.3, 0.4) is 0 Å². The molecule has 0 saturated carbocycles. The van der Waals surface area contributed by atoms with Crippen molar-refractivity contribution in [1.29, 1.82) is 0 Å². The first-order chi connectivity index (χ1) is 33.3. The molecule has 14 heteroatoms. The van der Waals surface area contributed by atoms with Gasteiger partial charge in [0.1, 0.15) is 22.1 Å². The number of urea groups is 2. The molecule has 2 aromatic heterocycles. The largest absolute Gasteiger partial charge is 0.334 e. The lowest BCUT2D eigenvalue weighted by atomic mass is 10.0. The van der Waals surface area contributed by atoms with Gasteiger partial charge < -0.3 is 30.2 Å². The van der Waals surface area contributed by atoms with Gasteiger partial charge in [-0.2, -0.15) is 0 Å². The molecule has 4 aromatic carbocycles. The molecule has 2 N–H and O–H groups in total.